The van der Waals surface area contributed by atoms with Gasteiger partial charge in [-0.15, -0.1) is 0 Å². The van der Waals surface area contributed by atoms with E-state index in [4.69, 9.17) is 4.74 Å². The zero-order chi connectivity index (χ0) is 19.0. The van der Waals surface area contributed by atoms with Gasteiger partial charge in [-0.3, -0.25) is 14.5 Å². The summed E-state index contributed by atoms with van der Waals surface area (Å²) in [5, 5.41) is 0.824. The van der Waals surface area contributed by atoms with Crippen LogP contribution in [-0.4, -0.2) is 40.4 Å². The molecule has 0 radical (unpaired) electrons. The molecule has 0 saturated carbocycles. The van der Waals surface area contributed by atoms with Gasteiger partial charge in [0.15, 0.2) is 0 Å². The predicted molar refractivity (Wildman–Crippen MR) is 99.7 cm³/mol. The van der Waals surface area contributed by atoms with Gasteiger partial charge in [0.1, 0.15) is 6.61 Å². The maximum Gasteiger partial charge on any atom is 0.340 e. The molecule has 0 bridgehead atoms. The number of carbonyl (C=O) groups excluding carboxylic acids is 3. The van der Waals surface area contributed by atoms with E-state index < -0.39 is 5.97 Å². The molecule has 0 atom stereocenters. The zero-order valence-electron chi connectivity index (χ0n) is 14.8. The number of hydrogen-bond donors (Lipinski definition) is 0. The van der Waals surface area contributed by atoms with Crippen LogP contribution in [0.2, 0.25) is 0 Å². The molecule has 6 heteroatoms. The number of aromatic nitrogens is 1. The average molecular weight is 362 g/mol. The number of para-hydroxylation sites is 1. The van der Waals surface area contributed by atoms with Gasteiger partial charge < -0.3 is 9.30 Å². The molecule has 1 aromatic heterocycles. The van der Waals surface area contributed by atoms with E-state index in [1.807, 2.05) is 35.8 Å². The summed E-state index contributed by atoms with van der Waals surface area (Å²) >= 11 is 0. The molecule has 1 aliphatic heterocycles. The minimum absolute atomic E-state index is 0.0322. The highest BCUT2D eigenvalue weighted by Gasteiger charge is 2.34. The van der Waals surface area contributed by atoms with Crippen LogP contribution < -0.4 is 0 Å². The summed E-state index contributed by atoms with van der Waals surface area (Å²) in [5.41, 5.74) is 2.22. The van der Waals surface area contributed by atoms with Crippen LogP contribution in [0.25, 0.3) is 10.9 Å². The number of imide groups is 1. The highest BCUT2D eigenvalue weighted by Crippen LogP contribution is 2.23. The number of ether oxygens (including phenoxy) is 1. The Kier molecular flexibility index (Phi) is 4.24. The van der Waals surface area contributed by atoms with Crippen molar-refractivity contribution < 1.29 is 19.1 Å². The first kappa shape index (κ1) is 17.0. The van der Waals surface area contributed by atoms with Crippen LogP contribution in [0.3, 0.4) is 0 Å². The van der Waals surface area contributed by atoms with E-state index in [2.05, 4.69) is 0 Å². The molecule has 3 aromatic rings. The molecule has 136 valence electrons. The van der Waals surface area contributed by atoms with E-state index in [1.54, 1.807) is 30.5 Å². The molecule has 0 N–H and O–H groups in total. The smallest absolute Gasteiger partial charge is 0.340 e. The second-order valence-electron chi connectivity index (χ2n) is 6.29. The Bertz CT molecular complexity index is 1030. The Balaban J connectivity index is 1.46. The van der Waals surface area contributed by atoms with E-state index in [1.165, 1.54) is 0 Å². The van der Waals surface area contributed by atoms with Gasteiger partial charge in [-0.2, -0.15) is 0 Å². The Morgan fingerprint density at radius 2 is 1.59 bits per heavy atom. The monoisotopic (exact) mass is 362 g/mol. The Labute approximate surface area is 155 Å². The molecule has 2 aromatic carbocycles. The number of benzene rings is 2. The minimum atomic E-state index is -0.463. The predicted octanol–water partition coefficient (Wildman–Crippen LogP) is 3.11. The van der Waals surface area contributed by atoms with Gasteiger partial charge in [-0.05, 0) is 25.1 Å². The number of fused-ring (bicyclic) bond motifs is 2. The Morgan fingerprint density at radius 1 is 0.963 bits per heavy atom. The summed E-state index contributed by atoms with van der Waals surface area (Å²) in [4.78, 5) is 38.3. The molecule has 0 fully saturated rings. The molecule has 0 spiro atoms. The van der Waals surface area contributed by atoms with Crippen molar-refractivity contribution in [2.24, 2.45) is 0 Å². The van der Waals surface area contributed by atoms with E-state index in [-0.39, 0.29) is 25.0 Å². The second kappa shape index (κ2) is 6.72. The fourth-order valence-electron chi connectivity index (χ4n) is 3.42. The van der Waals surface area contributed by atoms with Crippen LogP contribution in [0.1, 0.15) is 38.0 Å². The van der Waals surface area contributed by atoms with Crippen LogP contribution in [-0.2, 0) is 11.3 Å². The molecule has 0 aliphatic carbocycles. The summed E-state index contributed by atoms with van der Waals surface area (Å²) in [6.45, 7) is 2.73. The number of rotatable bonds is 5. The summed E-state index contributed by atoms with van der Waals surface area (Å²) in [6.07, 6.45) is 1.77. The van der Waals surface area contributed by atoms with Crippen molar-refractivity contribution in [2.75, 3.05) is 13.2 Å². The summed E-state index contributed by atoms with van der Waals surface area (Å²) < 4.78 is 7.34. The van der Waals surface area contributed by atoms with Crippen molar-refractivity contribution in [3.05, 3.63) is 71.4 Å². The van der Waals surface area contributed by atoms with Gasteiger partial charge in [0.25, 0.3) is 11.8 Å². The van der Waals surface area contributed by atoms with Crippen LogP contribution in [0, 0.1) is 0 Å². The third kappa shape index (κ3) is 2.79. The fourth-order valence-corrected chi connectivity index (χ4v) is 3.42. The van der Waals surface area contributed by atoms with Crippen LogP contribution in [0.4, 0.5) is 0 Å². The van der Waals surface area contributed by atoms with Gasteiger partial charge in [0.2, 0.25) is 0 Å². The number of amides is 2. The van der Waals surface area contributed by atoms with Gasteiger partial charge >= 0.3 is 5.97 Å². The van der Waals surface area contributed by atoms with Crippen molar-refractivity contribution in [1.29, 1.82) is 0 Å². The SMILES string of the molecule is CCn1cc(C(=O)OCCN2C(=O)c3ccccc3C2=O)c2ccccc21. The molecule has 0 unspecified atom stereocenters. The van der Waals surface area contributed by atoms with Gasteiger partial charge in [-0.25, -0.2) is 4.79 Å². The summed E-state index contributed by atoms with van der Waals surface area (Å²) in [7, 11) is 0. The first-order valence-electron chi connectivity index (χ1n) is 8.82. The Morgan fingerprint density at radius 3 is 2.26 bits per heavy atom. The number of aryl methyl sites for hydroxylation is 1. The van der Waals surface area contributed by atoms with Crippen LogP contribution in [0.15, 0.2) is 54.7 Å². The molecule has 2 amide bonds. The lowest BCUT2D eigenvalue weighted by Crippen LogP contribution is -2.33. The highest BCUT2D eigenvalue weighted by atomic mass is 16.5. The third-order valence-corrected chi connectivity index (χ3v) is 4.78. The van der Waals surface area contributed by atoms with Crippen molar-refractivity contribution in [3.8, 4) is 0 Å². The maximum atomic E-state index is 12.5. The summed E-state index contributed by atoms with van der Waals surface area (Å²) in [5.74, 6) is -1.17. The lowest BCUT2D eigenvalue weighted by molar-refractivity contribution is 0.0422. The van der Waals surface area contributed by atoms with Crippen molar-refractivity contribution in [1.82, 2.24) is 9.47 Å². The molecule has 4 rings (SSSR count). The third-order valence-electron chi connectivity index (χ3n) is 4.78. The fraction of sp³-hybridized carbons (Fsp3) is 0.190. The number of carbonyl (C=O) groups is 3. The lowest BCUT2D eigenvalue weighted by atomic mass is 10.1. The maximum absolute atomic E-state index is 12.5. The van der Waals surface area contributed by atoms with Crippen molar-refractivity contribution in [3.63, 3.8) is 0 Å². The molecule has 2 heterocycles. The van der Waals surface area contributed by atoms with Crippen LogP contribution in [0.5, 0.6) is 0 Å². The van der Waals surface area contributed by atoms with E-state index >= 15 is 0 Å². The van der Waals surface area contributed by atoms with E-state index in [0.717, 1.165) is 22.3 Å². The second-order valence-corrected chi connectivity index (χ2v) is 6.29. The lowest BCUT2D eigenvalue weighted by Gasteiger charge is -2.13. The first-order chi connectivity index (χ1) is 13.1. The minimum Gasteiger partial charge on any atom is -0.460 e. The van der Waals surface area contributed by atoms with Crippen molar-refractivity contribution >= 4 is 28.7 Å². The summed E-state index contributed by atoms with van der Waals surface area (Å²) in [6, 6.07) is 14.3. The molecule has 27 heavy (non-hydrogen) atoms. The van der Waals surface area contributed by atoms with Gasteiger partial charge in [0.05, 0.1) is 23.2 Å². The van der Waals surface area contributed by atoms with Crippen molar-refractivity contribution in [2.45, 2.75) is 13.5 Å². The highest BCUT2D eigenvalue weighted by molar-refractivity contribution is 6.21. The number of nitrogens with zero attached hydrogens (tertiary/aromatic N) is 2. The van der Waals surface area contributed by atoms with E-state index in [0.29, 0.717) is 16.7 Å². The average Bonchev–Trinajstić information content (AvgIpc) is 3.19. The topological polar surface area (TPSA) is 68.6 Å². The zero-order valence-corrected chi connectivity index (χ0v) is 14.8. The van der Waals surface area contributed by atoms with E-state index in [9.17, 15) is 14.4 Å². The number of esters is 1. The van der Waals surface area contributed by atoms with Crippen LogP contribution >= 0.6 is 0 Å². The number of hydrogen-bond acceptors (Lipinski definition) is 4. The molecule has 6 nitrogen and oxygen atoms in total. The normalized spacial score (nSPS) is 13.3. The quantitative estimate of drug-likeness (QED) is 0.517. The Hall–Kier alpha value is -3.41. The molecule has 1 aliphatic rings. The largest absolute Gasteiger partial charge is 0.460 e. The van der Waals surface area contributed by atoms with Gasteiger partial charge in [-0.1, -0.05) is 30.3 Å². The molecular weight excluding hydrogens is 344 g/mol. The van der Waals surface area contributed by atoms with Gasteiger partial charge in [0, 0.05) is 23.6 Å². The first-order valence-corrected chi connectivity index (χ1v) is 8.82. The standard InChI is InChI=1S/C21H18N2O4/c1-2-22-13-17(14-7-5-6-10-18(14)22)21(26)27-12-11-23-19(24)15-8-3-4-9-16(15)20(23)25/h3-10,13H,2,11-12H2,1H3. The molecule has 0 saturated heterocycles. The molecular formula is C21H18N2O4.